The molecule has 0 aliphatic heterocycles. The molecule has 0 unspecified atom stereocenters. The number of amides is 1. The van der Waals surface area contributed by atoms with Gasteiger partial charge in [-0.2, -0.15) is 0 Å². The van der Waals surface area contributed by atoms with Crippen molar-refractivity contribution in [2.24, 2.45) is 0 Å². The van der Waals surface area contributed by atoms with E-state index < -0.39 is 15.6 Å². The molecule has 0 aliphatic rings. The van der Waals surface area contributed by atoms with Crippen molar-refractivity contribution in [2.45, 2.75) is 44.1 Å². The average Bonchev–Trinajstić information content (AvgIpc) is 2.65. The van der Waals surface area contributed by atoms with Crippen molar-refractivity contribution in [1.82, 2.24) is 4.72 Å². The maximum Gasteiger partial charge on any atom is 0.306 e. The third-order valence-corrected chi connectivity index (χ3v) is 5.21. The monoisotopic (exact) mass is 418 g/mol. The molecule has 0 saturated heterocycles. The Labute approximate surface area is 171 Å². The van der Waals surface area contributed by atoms with E-state index >= 15 is 0 Å². The van der Waals surface area contributed by atoms with Gasteiger partial charge in [-0.15, -0.1) is 0 Å². The summed E-state index contributed by atoms with van der Waals surface area (Å²) in [4.78, 5) is 23.9. The first-order valence-electron chi connectivity index (χ1n) is 9.25. The highest BCUT2D eigenvalue weighted by Gasteiger charge is 2.17. The first-order chi connectivity index (χ1) is 13.6. The van der Waals surface area contributed by atoms with Crippen LogP contribution in [0, 0.1) is 0 Å². The molecule has 2 N–H and O–H groups in total. The van der Waals surface area contributed by atoms with E-state index in [4.69, 9.17) is 4.74 Å². The quantitative estimate of drug-likeness (QED) is 0.506. The van der Waals surface area contributed by atoms with E-state index in [1.165, 1.54) is 24.3 Å². The highest BCUT2D eigenvalue weighted by atomic mass is 32.2. The van der Waals surface area contributed by atoms with Crippen LogP contribution in [0.25, 0.3) is 0 Å². The molecule has 2 aromatic rings. The van der Waals surface area contributed by atoms with Crippen LogP contribution in [0.15, 0.2) is 59.5 Å². The van der Waals surface area contributed by atoms with E-state index in [0.717, 1.165) is 0 Å². The zero-order valence-electron chi connectivity index (χ0n) is 16.8. The SMILES string of the molecule is CC(C)(C)OC(=O)CCCNS(=O)(=O)c1ccc(NC(=O)c2ccccc2)cc1. The van der Waals surface area contributed by atoms with Gasteiger partial charge in [-0.05, 0) is 63.6 Å². The zero-order chi connectivity index (χ0) is 21.5. The Morgan fingerprint density at radius 2 is 1.59 bits per heavy atom. The number of benzene rings is 2. The first kappa shape index (κ1) is 22.6. The molecule has 0 aliphatic carbocycles. The van der Waals surface area contributed by atoms with Gasteiger partial charge in [0, 0.05) is 24.2 Å². The van der Waals surface area contributed by atoms with Crippen molar-refractivity contribution in [3.63, 3.8) is 0 Å². The average molecular weight is 419 g/mol. The molecule has 2 rings (SSSR count). The summed E-state index contributed by atoms with van der Waals surface area (Å²) in [6, 6.07) is 14.6. The minimum atomic E-state index is -3.71. The summed E-state index contributed by atoms with van der Waals surface area (Å²) in [5, 5.41) is 2.71. The Morgan fingerprint density at radius 1 is 0.966 bits per heavy atom. The van der Waals surface area contributed by atoms with Crippen LogP contribution in [0.1, 0.15) is 44.0 Å². The topological polar surface area (TPSA) is 102 Å². The number of hydrogen-bond donors (Lipinski definition) is 2. The molecule has 1 amide bonds. The molecule has 0 bridgehead atoms. The van der Waals surface area contributed by atoms with E-state index in [9.17, 15) is 18.0 Å². The summed E-state index contributed by atoms with van der Waals surface area (Å²) in [6.45, 7) is 5.45. The maximum absolute atomic E-state index is 12.3. The molecule has 0 saturated carbocycles. The van der Waals surface area contributed by atoms with Gasteiger partial charge in [-0.3, -0.25) is 9.59 Å². The largest absolute Gasteiger partial charge is 0.460 e. The van der Waals surface area contributed by atoms with Crippen LogP contribution in [0.2, 0.25) is 0 Å². The standard InChI is InChI=1S/C21H26N2O5S/c1-21(2,3)28-19(24)10-7-15-22-29(26,27)18-13-11-17(12-14-18)23-20(25)16-8-5-4-6-9-16/h4-6,8-9,11-14,22H,7,10,15H2,1-3H3,(H,23,25). The highest BCUT2D eigenvalue weighted by Crippen LogP contribution is 2.15. The molecule has 2 aromatic carbocycles. The van der Waals surface area contributed by atoms with Crippen molar-refractivity contribution < 1.29 is 22.7 Å². The number of esters is 1. The third kappa shape index (κ3) is 7.67. The number of rotatable bonds is 8. The third-order valence-electron chi connectivity index (χ3n) is 3.73. The molecule has 7 nitrogen and oxygen atoms in total. The Balaban J connectivity index is 1.86. The van der Waals surface area contributed by atoms with Crippen molar-refractivity contribution in [3.05, 3.63) is 60.2 Å². The van der Waals surface area contributed by atoms with Gasteiger partial charge in [0.15, 0.2) is 0 Å². The maximum atomic E-state index is 12.3. The van der Waals surface area contributed by atoms with Crippen LogP contribution in [-0.2, 0) is 19.6 Å². The molecule has 156 valence electrons. The van der Waals surface area contributed by atoms with Crippen LogP contribution in [-0.4, -0.2) is 32.4 Å². The second-order valence-electron chi connectivity index (χ2n) is 7.43. The first-order valence-corrected chi connectivity index (χ1v) is 10.7. The van der Waals surface area contributed by atoms with Gasteiger partial charge in [0.25, 0.3) is 5.91 Å². The van der Waals surface area contributed by atoms with Gasteiger partial charge in [0.2, 0.25) is 10.0 Å². The fraction of sp³-hybridized carbons (Fsp3) is 0.333. The van der Waals surface area contributed by atoms with Crippen molar-refractivity contribution in [2.75, 3.05) is 11.9 Å². The summed E-state index contributed by atoms with van der Waals surface area (Å²) < 4.78 is 32.3. The van der Waals surface area contributed by atoms with Crippen molar-refractivity contribution in [3.8, 4) is 0 Å². The number of sulfonamides is 1. The summed E-state index contributed by atoms with van der Waals surface area (Å²) >= 11 is 0. The number of hydrogen-bond acceptors (Lipinski definition) is 5. The van der Waals surface area contributed by atoms with Crippen LogP contribution in [0.5, 0.6) is 0 Å². The number of carbonyl (C=O) groups excluding carboxylic acids is 2. The predicted octanol–water partition coefficient (Wildman–Crippen LogP) is 3.34. The number of ether oxygens (including phenoxy) is 1. The lowest BCUT2D eigenvalue weighted by molar-refractivity contribution is -0.154. The Kier molecular flexibility index (Phi) is 7.53. The molecular weight excluding hydrogens is 392 g/mol. The van der Waals surface area contributed by atoms with Gasteiger partial charge >= 0.3 is 5.97 Å². The van der Waals surface area contributed by atoms with Crippen LogP contribution >= 0.6 is 0 Å². The van der Waals surface area contributed by atoms with Gasteiger partial charge < -0.3 is 10.1 Å². The molecule has 0 fully saturated rings. The van der Waals surface area contributed by atoms with E-state index in [1.54, 1.807) is 45.0 Å². The van der Waals surface area contributed by atoms with Gasteiger partial charge in [0.05, 0.1) is 4.90 Å². The van der Waals surface area contributed by atoms with Crippen molar-refractivity contribution >= 4 is 27.6 Å². The lowest BCUT2D eigenvalue weighted by atomic mass is 10.2. The number of nitrogens with one attached hydrogen (secondary N) is 2. The lowest BCUT2D eigenvalue weighted by Crippen LogP contribution is -2.27. The Bertz CT molecular complexity index is 933. The lowest BCUT2D eigenvalue weighted by Gasteiger charge is -2.19. The van der Waals surface area contributed by atoms with Crippen LogP contribution < -0.4 is 10.0 Å². The van der Waals surface area contributed by atoms with Crippen LogP contribution in [0.4, 0.5) is 5.69 Å². The van der Waals surface area contributed by atoms with E-state index in [-0.39, 0.29) is 29.7 Å². The highest BCUT2D eigenvalue weighted by molar-refractivity contribution is 7.89. The zero-order valence-corrected chi connectivity index (χ0v) is 17.6. The molecule has 29 heavy (non-hydrogen) atoms. The Hall–Kier alpha value is -2.71. The molecule has 0 spiro atoms. The molecule has 8 heteroatoms. The minimum absolute atomic E-state index is 0.0764. The fourth-order valence-corrected chi connectivity index (χ4v) is 3.50. The van der Waals surface area contributed by atoms with E-state index in [0.29, 0.717) is 17.7 Å². The number of anilines is 1. The molecular formula is C21H26N2O5S. The summed E-state index contributed by atoms with van der Waals surface area (Å²) in [6.07, 6.45) is 0.462. The van der Waals surface area contributed by atoms with Crippen molar-refractivity contribution in [1.29, 1.82) is 0 Å². The van der Waals surface area contributed by atoms with E-state index in [2.05, 4.69) is 10.0 Å². The van der Waals surface area contributed by atoms with Gasteiger partial charge in [-0.25, -0.2) is 13.1 Å². The molecule has 0 atom stereocenters. The Morgan fingerprint density at radius 3 is 2.17 bits per heavy atom. The van der Waals surface area contributed by atoms with E-state index in [1.807, 2.05) is 6.07 Å². The van der Waals surface area contributed by atoms with Crippen LogP contribution in [0.3, 0.4) is 0 Å². The van der Waals surface area contributed by atoms with Gasteiger partial charge in [0.1, 0.15) is 5.60 Å². The second kappa shape index (κ2) is 9.67. The number of carbonyl (C=O) groups is 2. The molecule has 0 heterocycles. The second-order valence-corrected chi connectivity index (χ2v) is 9.20. The molecule has 0 radical (unpaired) electrons. The molecule has 0 aromatic heterocycles. The summed E-state index contributed by atoms with van der Waals surface area (Å²) in [7, 11) is -3.71. The minimum Gasteiger partial charge on any atom is -0.460 e. The smallest absolute Gasteiger partial charge is 0.306 e. The predicted molar refractivity (Wildman–Crippen MR) is 111 cm³/mol. The summed E-state index contributed by atoms with van der Waals surface area (Å²) in [5.74, 6) is -0.642. The summed E-state index contributed by atoms with van der Waals surface area (Å²) in [5.41, 5.74) is 0.437. The van der Waals surface area contributed by atoms with Gasteiger partial charge in [-0.1, -0.05) is 18.2 Å². The fourth-order valence-electron chi connectivity index (χ4n) is 2.43. The normalized spacial score (nSPS) is 11.7.